The van der Waals surface area contributed by atoms with E-state index in [9.17, 15) is 0 Å². The summed E-state index contributed by atoms with van der Waals surface area (Å²) in [5.74, 6) is 0. The van der Waals surface area contributed by atoms with Gasteiger partial charge < -0.3 is 5.32 Å². The van der Waals surface area contributed by atoms with Crippen molar-refractivity contribution in [3.63, 3.8) is 0 Å². The van der Waals surface area contributed by atoms with E-state index in [4.69, 9.17) is 23.2 Å². The molecule has 1 nitrogen and oxygen atoms in total. The molecule has 0 radical (unpaired) electrons. The Balaban J connectivity index is 2.23. The van der Waals surface area contributed by atoms with Gasteiger partial charge >= 0.3 is 0 Å². The second-order valence-corrected chi connectivity index (χ2v) is 5.30. The molecule has 0 fully saturated rings. The van der Waals surface area contributed by atoms with Gasteiger partial charge in [-0.15, -0.1) is 0 Å². The van der Waals surface area contributed by atoms with Crippen molar-refractivity contribution in [1.29, 1.82) is 0 Å². The van der Waals surface area contributed by atoms with E-state index in [1.54, 1.807) is 0 Å². The van der Waals surface area contributed by atoms with Gasteiger partial charge in [0.2, 0.25) is 0 Å². The maximum absolute atomic E-state index is 6.05. The van der Waals surface area contributed by atoms with Crippen LogP contribution >= 0.6 is 39.1 Å². The summed E-state index contributed by atoms with van der Waals surface area (Å²) in [6, 6.07) is 5.56. The zero-order chi connectivity index (χ0) is 11.8. The van der Waals surface area contributed by atoms with Gasteiger partial charge in [0.05, 0.1) is 0 Å². The van der Waals surface area contributed by atoms with Crippen molar-refractivity contribution in [2.75, 3.05) is 11.9 Å². The second kappa shape index (κ2) is 8.35. The highest BCUT2D eigenvalue weighted by atomic mass is 79.9. The fourth-order valence-electron chi connectivity index (χ4n) is 1.42. The zero-order valence-electron chi connectivity index (χ0n) is 9.11. The third-order valence-electron chi connectivity index (χ3n) is 2.31. The lowest BCUT2D eigenvalue weighted by atomic mass is 10.2. The van der Waals surface area contributed by atoms with Gasteiger partial charge in [-0.25, -0.2) is 0 Å². The van der Waals surface area contributed by atoms with E-state index in [2.05, 4.69) is 21.2 Å². The fraction of sp³-hybridized carbons (Fsp3) is 0.500. The van der Waals surface area contributed by atoms with E-state index in [-0.39, 0.29) is 0 Å². The minimum Gasteiger partial charge on any atom is -0.313 e. The van der Waals surface area contributed by atoms with Crippen LogP contribution in [-0.2, 0) is 6.54 Å². The molecule has 0 atom stereocenters. The second-order valence-electron chi connectivity index (χ2n) is 3.66. The molecule has 0 aliphatic heterocycles. The van der Waals surface area contributed by atoms with Crippen molar-refractivity contribution in [1.82, 2.24) is 5.32 Å². The first kappa shape index (κ1) is 14.3. The maximum Gasteiger partial charge on any atom is 0.0451 e. The van der Waals surface area contributed by atoms with Crippen LogP contribution in [0.25, 0.3) is 0 Å². The summed E-state index contributed by atoms with van der Waals surface area (Å²) >= 11 is 15.4. The van der Waals surface area contributed by atoms with E-state index in [1.165, 1.54) is 19.3 Å². The Bertz CT molecular complexity index is 318. The van der Waals surface area contributed by atoms with E-state index in [1.807, 2.05) is 18.2 Å². The standard InChI is InChI=1S/C12H16BrCl2N/c13-6-2-1-3-7-16-9-10-8-11(14)4-5-12(10)15/h4-5,8,16H,1-3,6-7,9H2. The zero-order valence-corrected chi connectivity index (χ0v) is 12.2. The van der Waals surface area contributed by atoms with Crippen molar-refractivity contribution >= 4 is 39.1 Å². The molecule has 0 aliphatic carbocycles. The van der Waals surface area contributed by atoms with Gasteiger partial charge in [-0.3, -0.25) is 0 Å². The van der Waals surface area contributed by atoms with Crippen LogP contribution in [0.1, 0.15) is 24.8 Å². The van der Waals surface area contributed by atoms with E-state index < -0.39 is 0 Å². The first-order chi connectivity index (χ1) is 7.74. The topological polar surface area (TPSA) is 12.0 Å². The molecule has 1 aromatic carbocycles. The van der Waals surface area contributed by atoms with E-state index in [0.29, 0.717) is 0 Å². The molecule has 0 saturated carbocycles. The molecule has 0 heterocycles. The normalized spacial score (nSPS) is 10.7. The van der Waals surface area contributed by atoms with Crippen LogP contribution in [-0.4, -0.2) is 11.9 Å². The first-order valence-electron chi connectivity index (χ1n) is 5.44. The lowest BCUT2D eigenvalue weighted by molar-refractivity contribution is 0.619. The molecular formula is C12H16BrCl2N. The van der Waals surface area contributed by atoms with Gasteiger partial charge in [0.25, 0.3) is 0 Å². The number of benzene rings is 1. The fourth-order valence-corrected chi connectivity index (χ4v) is 2.20. The molecule has 0 aromatic heterocycles. The lowest BCUT2D eigenvalue weighted by Crippen LogP contribution is -2.14. The van der Waals surface area contributed by atoms with Crippen molar-refractivity contribution in [3.8, 4) is 0 Å². The van der Waals surface area contributed by atoms with Crippen molar-refractivity contribution < 1.29 is 0 Å². The van der Waals surface area contributed by atoms with Crippen LogP contribution in [0.5, 0.6) is 0 Å². The molecule has 90 valence electrons. The Morgan fingerprint density at radius 3 is 2.69 bits per heavy atom. The van der Waals surface area contributed by atoms with Crippen molar-refractivity contribution in [2.24, 2.45) is 0 Å². The van der Waals surface area contributed by atoms with Crippen LogP contribution in [0.15, 0.2) is 18.2 Å². The molecule has 1 aromatic rings. The average molecular weight is 325 g/mol. The molecule has 0 unspecified atom stereocenters. The highest BCUT2D eigenvalue weighted by molar-refractivity contribution is 9.09. The monoisotopic (exact) mass is 323 g/mol. The number of rotatable bonds is 7. The molecule has 1 rings (SSSR count). The molecule has 0 aliphatic rings. The van der Waals surface area contributed by atoms with Gasteiger partial charge in [0, 0.05) is 21.9 Å². The van der Waals surface area contributed by atoms with Crippen molar-refractivity contribution in [2.45, 2.75) is 25.8 Å². The Kier molecular flexibility index (Phi) is 7.46. The molecule has 0 spiro atoms. The van der Waals surface area contributed by atoms with Crippen LogP contribution < -0.4 is 5.32 Å². The Labute approximate surface area is 116 Å². The highest BCUT2D eigenvalue weighted by Crippen LogP contribution is 2.20. The Hall–Kier alpha value is 0.240. The van der Waals surface area contributed by atoms with Crippen LogP contribution in [0.4, 0.5) is 0 Å². The summed E-state index contributed by atoms with van der Waals surface area (Å²) in [7, 11) is 0. The number of unbranched alkanes of at least 4 members (excludes halogenated alkanes) is 2. The maximum atomic E-state index is 6.05. The lowest BCUT2D eigenvalue weighted by Gasteiger charge is -2.07. The third-order valence-corrected chi connectivity index (χ3v) is 3.47. The average Bonchev–Trinajstić information content (AvgIpc) is 2.28. The van der Waals surface area contributed by atoms with Crippen LogP contribution in [0.2, 0.25) is 10.0 Å². The first-order valence-corrected chi connectivity index (χ1v) is 7.32. The summed E-state index contributed by atoms with van der Waals surface area (Å²) in [4.78, 5) is 0. The quantitative estimate of drug-likeness (QED) is 0.568. The van der Waals surface area contributed by atoms with Gasteiger partial charge in [-0.2, -0.15) is 0 Å². The number of hydrogen-bond acceptors (Lipinski definition) is 1. The molecule has 1 N–H and O–H groups in total. The Morgan fingerprint density at radius 1 is 1.12 bits per heavy atom. The van der Waals surface area contributed by atoms with E-state index in [0.717, 1.165) is 34.0 Å². The molecule has 0 amide bonds. The summed E-state index contributed by atoms with van der Waals surface area (Å²) in [5.41, 5.74) is 1.06. The van der Waals surface area contributed by atoms with Gasteiger partial charge in [0.15, 0.2) is 0 Å². The number of halogens is 3. The summed E-state index contributed by atoms with van der Waals surface area (Å²) in [6.45, 7) is 1.81. The minimum absolute atomic E-state index is 0.737. The minimum atomic E-state index is 0.737. The number of nitrogens with one attached hydrogen (secondary N) is 1. The van der Waals surface area contributed by atoms with Gasteiger partial charge in [-0.05, 0) is 43.1 Å². The smallest absolute Gasteiger partial charge is 0.0451 e. The largest absolute Gasteiger partial charge is 0.313 e. The van der Waals surface area contributed by atoms with E-state index >= 15 is 0 Å². The van der Waals surface area contributed by atoms with Gasteiger partial charge in [0.1, 0.15) is 0 Å². The molecule has 0 bridgehead atoms. The molecule has 16 heavy (non-hydrogen) atoms. The SMILES string of the molecule is Clc1ccc(Cl)c(CNCCCCCBr)c1. The molecule has 0 saturated heterocycles. The third kappa shape index (κ3) is 5.53. The molecular weight excluding hydrogens is 309 g/mol. The summed E-state index contributed by atoms with van der Waals surface area (Å²) < 4.78 is 0. The predicted octanol–water partition coefficient (Wildman–Crippen LogP) is 4.65. The number of hydrogen-bond donors (Lipinski definition) is 1. The van der Waals surface area contributed by atoms with Crippen molar-refractivity contribution in [3.05, 3.63) is 33.8 Å². The van der Waals surface area contributed by atoms with Crippen LogP contribution in [0, 0.1) is 0 Å². The summed E-state index contributed by atoms with van der Waals surface area (Å²) in [5, 5.41) is 5.97. The Morgan fingerprint density at radius 2 is 1.94 bits per heavy atom. The van der Waals surface area contributed by atoms with Gasteiger partial charge in [-0.1, -0.05) is 45.6 Å². The highest BCUT2D eigenvalue weighted by Gasteiger charge is 2.00. The summed E-state index contributed by atoms with van der Waals surface area (Å²) in [6.07, 6.45) is 3.69. The van der Waals surface area contributed by atoms with Crippen LogP contribution in [0.3, 0.4) is 0 Å². The number of alkyl halides is 1. The molecule has 4 heteroatoms. The predicted molar refractivity (Wildman–Crippen MR) is 75.8 cm³/mol.